The Hall–Kier alpha value is -2.87. The molecule has 2 aromatic rings. The highest BCUT2D eigenvalue weighted by atomic mass is 16.4. The van der Waals surface area contributed by atoms with Crippen molar-refractivity contribution in [1.29, 1.82) is 5.26 Å². The first-order valence-corrected chi connectivity index (χ1v) is 5.16. The Balaban J connectivity index is 2.33. The van der Waals surface area contributed by atoms with Crippen LogP contribution in [0.25, 0.3) is 11.8 Å². The lowest BCUT2D eigenvalue weighted by Crippen LogP contribution is -1.97. The van der Waals surface area contributed by atoms with Gasteiger partial charge in [-0.3, -0.25) is 0 Å². The summed E-state index contributed by atoms with van der Waals surface area (Å²) in [6.07, 6.45) is 4.46. The molecule has 0 aliphatic heterocycles. The van der Waals surface area contributed by atoms with Crippen molar-refractivity contribution in [2.45, 2.75) is 0 Å². The smallest absolute Gasteiger partial charge is 0.346 e. The maximum atomic E-state index is 10.7. The van der Waals surface area contributed by atoms with Crippen LogP contribution in [0.4, 0.5) is 0 Å². The van der Waals surface area contributed by atoms with E-state index in [9.17, 15) is 4.79 Å². The van der Waals surface area contributed by atoms with Gasteiger partial charge in [-0.05, 0) is 18.2 Å². The lowest BCUT2D eigenvalue weighted by Gasteiger charge is -1.98. The van der Waals surface area contributed by atoms with Crippen molar-refractivity contribution in [3.8, 4) is 11.8 Å². The standard InChI is InChI=1S/C13H9N3O2/c14-7-11(13(17)18)6-10-8-15-16(9-10)12-4-2-1-3-5-12/h1-6,8-9H,(H,17,18)/b11-6+. The first kappa shape index (κ1) is 11.6. The largest absolute Gasteiger partial charge is 0.477 e. The number of nitrogens with zero attached hydrogens (tertiary/aromatic N) is 3. The van der Waals surface area contributed by atoms with Crippen LogP contribution >= 0.6 is 0 Å². The molecular weight excluding hydrogens is 230 g/mol. The molecule has 0 saturated heterocycles. The van der Waals surface area contributed by atoms with Crippen LogP contribution in [0.5, 0.6) is 0 Å². The van der Waals surface area contributed by atoms with E-state index >= 15 is 0 Å². The van der Waals surface area contributed by atoms with Crippen LogP contribution in [0.15, 0.2) is 48.3 Å². The first-order valence-electron chi connectivity index (χ1n) is 5.16. The molecule has 0 fully saturated rings. The molecule has 0 bridgehead atoms. The Morgan fingerprint density at radius 3 is 2.72 bits per heavy atom. The molecule has 5 heteroatoms. The second kappa shape index (κ2) is 4.97. The summed E-state index contributed by atoms with van der Waals surface area (Å²) in [4.78, 5) is 10.7. The first-order chi connectivity index (χ1) is 8.70. The van der Waals surface area contributed by atoms with Gasteiger partial charge in [0.25, 0.3) is 0 Å². The van der Waals surface area contributed by atoms with E-state index in [1.54, 1.807) is 16.9 Å². The van der Waals surface area contributed by atoms with E-state index in [4.69, 9.17) is 10.4 Å². The van der Waals surface area contributed by atoms with Crippen LogP contribution in [0.1, 0.15) is 5.56 Å². The summed E-state index contributed by atoms with van der Waals surface area (Å²) >= 11 is 0. The zero-order chi connectivity index (χ0) is 13.0. The van der Waals surface area contributed by atoms with E-state index in [2.05, 4.69) is 5.10 Å². The fraction of sp³-hybridized carbons (Fsp3) is 0. The van der Waals surface area contributed by atoms with E-state index in [1.807, 2.05) is 30.3 Å². The molecule has 2 rings (SSSR count). The second-order valence-corrected chi connectivity index (χ2v) is 3.53. The van der Waals surface area contributed by atoms with Crippen LogP contribution in [-0.4, -0.2) is 20.9 Å². The molecule has 88 valence electrons. The van der Waals surface area contributed by atoms with Gasteiger partial charge in [0.2, 0.25) is 0 Å². The molecule has 1 N–H and O–H groups in total. The van der Waals surface area contributed by atoms with Crippen molar-refractivity contribution in [2.75, 3.05) is 0 Å². The lowest BCUT2D eigenvalue weighted by atomic mass is 10.2. The third kappa shape index (κ3) is 2.44. The van der Waals surface area contributed by atoms with E-state index in [0.717, 1.165) is 5.69 Å². The minimum absolute atomic E-state index is 0.317. The van der Waals surface area contributed by atoms with Gasteiger partial charge in [-0.25, -0.2) is 9.48 Å². The number of hydrogen-bond donors (Lipinski definition) is 1. The van der Waals surface area contributed by atoms with Gasteiger partial charge in [0.15, 0.2) is 0 Å². The molecule has 1 heterocycles. The third-order valence-electron chi connectivity index (χ3n) is 2.29. The molecule has 0 spiro atoms. The van der Waals surface area contributed by atoms with Crippen molar-refractivity contribution >= 4 is 12.0 Å². The zero-order valence-corrected chi connectivity index (χ0v) is 9.32. The van der Waals surface area contributed by atoms with Gasteiger partial charge in [0, 0.05) is 11.8 Å². The zero-order valence-electron chi connectivity index (χ0n) is 9.32. The van der Waals surface area contributed by atoms with Crippen molar-refractivity contribution in [3.05, 3.63) is 53.9 Å². The summed E-state index contributed by atoms with van der Waals surface area (Å²) in [5.41, 5.74) is 1.12. The lowest BCUT2D eigenvalue weighted by molar-refractivity contribution is -0.132. The molecule has 0 amide bonds. The van der Waals surface area contributed by atoms with E-state index in [-0.39, 0.29) is 5.57 Å². The summed E-state index contributed by atoms with van der Waals surface area (Å²) in [6.45, 7) is 0. The fourth-order valence-corrected chi connectivity index (χ4v) is 1.44. The van der Waals surface area contributed by atoms with Crippen LogP contribution in [-0.2, 0) is 4.79 Å². The topological polar surface area (TPSA) is 78.9 Å². The number of benzene rings is 1. The molecule has 1 aromatic carbocycles. The number of rotatable bonds is 3. The van der Waals surface area contributed by atoms with Gasteiger partial charge < -0.3 is 5.11 Å². The monoisotopic (exact) mass is 239 g/mol. The molecule has 1 aromatic heterocycles. The van der Waals surface area contributed by atoms with Crippen molar-refractivity contribution in [3.63, 3.8) is 0 Å². The number of hydrogen-bond acceptors (Lipinski definition) is 3. The average Bonchev–Trinajstić information content (AvgIpc) is 2.85. The molecule has 0 unspecified atom stereocenters. The van der Waals surface area contributed by atoms with Crippen LogP contribution in [0, 0.1) is 11.3 Å². The maximum absolute atomic E-state index is 10.7. The number of carbonyl (C=O) groups is 1. The Kier molecular flexibility index (Phi) is 3.21. The molecule has 0 atom stereocenters. The quantitative estimate of drug-likeness (QED) is 0.655. The van der Waals surface area contributed by atoms with Gasteiger partial charge in [-0.1, -0.05) is 18.2 Å². The normalized spacial score (nSPS) is 10.9. The summed E-state index contributed by atoms with van der Waals surface area (Å²) in [6, 6.07) is 11.0. The minimum atomic E-state index is -1.25. The molecule has 0 radical (unpaired) electrons. The van der Waals surface area contributed by atoms with Crippen molar-refractivity contribution in [2.24, 2.45) is 0 Å². The number of para-hydroxylation sites is 1. The predicted octanol–water partition coefficient (Wildman–Crippen LogP) is 1.86. The molecule has 18 heavy (non-hydrogen) atoms. The van der Waals surface area contributed by atoms with Gasteiger partial charge in [-0.2, -0.15) is 10.4 Å². The summed E-state index contributed by atoms with van der Waals surface area (Å²) in [5, 5.41) is 21.5. The molecular formula is C13H9N3O2. The number of nitriles is 1. The highest BCUT2D eigenvalue weighted by Gasteiger charge is 2.06. The Labute approximate surface area is 103 Å². The molecule has 0 aliphatic rings. The predicted molar refractivity (Wildman–Crippen MR) is 64.8 cm³/mol. The fourth-order valence-electron chi connectivity index (χ4n) is 1.44. The van der Waals surface area contributed by atoms with E-state index in [0.29, 0.717) is 5.56 Å². The van der Waals surface area contributed by atoms with Crippen LogP contribution in [0.3, 0.4) is 0 Å². The minimum Gasteiger partial charge on any atom is -0.477 e. The summed E-state index contributed by atoms with van der Waals surface area (Å²) < 4.78 is 1.61. The second-order valence-electron chi connectivity index (χ2n) is 3.53. The molecule has 0 aliphatic carbocycles. The van der Waals surface area contributed by atoms with Gasteiger partial charge in [0.1, 0.15) is 11.6 Å². The van der Waals surface area contributed by atoms with Gasteiger partial charge >= 0.3 is 5.97 Å². The molecule has 5 nitrogen and oxygen atoms in total. The average molecular weight is 239 g/mol. The van der Waals surface area contributed by atoms with Gasteiger partial charge in [-0.15, -0.1) is 0 Å². The summed E-state index contributed by atoms with van der Waals surface area (Å²) in [7, 11) is 0. The highest BCUT2D eigenvalue weighted by Crippen LogP contribution is 2.10. The number of carboxylic acid groups (broad SMARTS) is 1. The third-order valence-corrected chi connectivity index (χ3v) is 2.29. The Morgan fingerprint density at radius 1 is 1.39 bits per heavy atom. The van der Waals surface area contributed by atoms with Crippen molar-refractivity contribution < 1.29 is 9.90 Å². The van der Waals surface area contributed by atoms with E-state index in [1.165, 1.54) is 12.3 Å². The van der Waals surface area contributed by atoms with Gasteiger partial charge in [0.05, 0.1) is 11.9 Å². The molecule has 0 saturated carbocycles. The maximum Gasteiger partial charge on any atom is 0.346 e. The SMILES string of the molecule is N#C/C(=C\c1cnn(-c2ccccc2)c1)C(=O)O. The number of carboxylic acids is 1. The summed E-state index contributed by atoms with van der Waals surface area (Å²) in [5.74, 6) is -1.25. The Bertz CT molecular complexity index is 636. The number of aliphatic carboxylic acids is 1. The van der Waals surface area contributed by atoms with Crippen LogP contribution < -0.4 is 0 Å². The van der Waals surface area contributed by atoms with E-state index < -0.39 is 5.97 Å². The number of aromatic nitrogens is 2. The van der Waals surface area contributed by atoms with Crippen LogP contribution in [0.2, 0.25) is 0 Å². The van der Waals surface area contributed by atoms with Crippen molar-refractivity contribution in [1.82, 2.24) is 9.78 Å². The Morgan fingerprint density at radius 2 is 2.11 bits per heavy atom. The highest BCUT2D eigenvalue weighted by molar-refractivity contribution is 5.96.